The molecule has 5 aromatic rings. The van der Waals surface area contributed by atoms with Gasteiger partial charge in [0.05, 0.1) is 25.7 Å². The van der Waals surface area contributed by atoms with Gasteiger partial charge in [0.25, 0.3) is 5.91 Å². The number of amides is 1. The van der Waals surface area contributed by atoms with Gasteiger partial charge in [-0.1, -0.05) is 35.9 Å². The van der Waals surface area contributed by atoms with E-state index in [1.54, 1.807) is 11.3 Å². The molecule has 0 bridgehead atoms. The molecule has 2 aromatic carbocycles. The summed E-state index contributed by atoms with van der Waals surface area (Å²) < 4.78 is 1.15. The van der Waals surface area contributed by atoms with Crippen molar-refractivity contribution in [3.05, 3.63) is 76.0 Å². The largest absolute Gasteiger partial charge is 0.297 e. The van der Waals surface area contributed by atoms with Gasteiger partial charge in [-0.3, -0.25) is 10.1 Å². The van der Waals surface area contributed by atoms with Crippen LogP contribution in [0.3, 0.4) is 0 Å². The molecule has 148 valence electrons. The minimum absolute atomic E-state index is 0.145. The second-order valence-corrected chi connectivity index (χ2v) is 9.93. The Balaban J connectivity index is 1.34. The van der Waals surface area contributed by atoms with Gasteiger partial charge >= 0.3 is 0 Å². The molecular formula is C23H17N3OS3. The Morgan fingerprint density at radius 1 is 0.967 bits per heavy atom. The number of benzene rings is 2. The number of nitrogens with one attached hydrogen (secondary N) is 1. The van der Waals surface area contributed by atoms with Crippen LogP contribution in [0.5, 0.6) is 0 Å². The fourth-order valence-corrected chi connectivity index (χ4v) is 5.89. The number of fused-ring (bicyclic) bond motifs is 1. The maximum atomic E-state index is 12.7. The zero-order valence-corrected chi connectivity index (χ0v) is 18.8. The third kappa shape index (κ3) is 3.67. The van der Waals surface area contributed by atoms with Crippen molar-refractivity contribution in [1.82, 2.24) is 9.97 Å². The Morgan fingerprint density at radius 2 is 1.83 bits per heavy atom. The summed E-state index contributed by atoms with van der Waals surface area (Å²) in [7, 11) is 0. The summed E-state index contributed by atoms with van der Waals surface area (Å²) in [6, 6.07) is 18.2. The van der Waals surface area contributed by atoms with Crippen molar-refractivity contribution in [3.63, 3.8) is 0 Å². The highest BCUT2D eigenvalue weighted by molar-refractivity contribution is 7.26. The number of hydrogen-bond donors (Lipinski definition) is 1. The van der Waals surface area contributed by atoms with Crippen molar-refractivity contribution in [2.75, 3.05) is 5.32 Å². The topological polar surface area (TPSA) is 54.9 Å². The lowest BCUT2D eigenvalue weighted by atomic mass is 10.0. The lowest BCUT2D eigenvalue weighted by molar-refractivity contribution is 0.103. The monoisotopic (exact) mass is 447 g/mol. The number of aromatic nitrogens is 2. The lowest BCUT2D eigenvalue weighted by Crippen LogP contribution is -2.09. The highest BCUT2D eigenvalue weighted by Crippen LogP contribution is 2.35. The van der Waals surface area contributed by atoms with Gasteiger partial charge in [-0.05, 0) is 43.7 Å². The van der Waals surface area contributed by atoms with E-state index < -0.39 is 0 Å². The van der Waals surface area contributed by atoms with Gasteiger partial charge in [0.2, 0.25) is 0 Å². The van der Waals surface area contributed by atoms with E-state index in [4.69, 9.17) is 0 Å². The van der Waals surface area contributed by atoms with Crippen LogP contribution in [0.25, 0.3) is 31.4 Å². The number of carbonyl (C=O) groups is 1. The Kier molecular flexibility index (Phi) is 4.94. The van der Waals surface area contributed by atoms with E-state index in [0.29, 0.717) is 10.0 Å². The molecule has 0 aliphatic rings. The van der Waals surface area contributed by atoms with Crippen LogP contribution in [0.2, 0.25) is 0 Å². The first-order valence-electron chi connectivity index (χ1n) is 9.37. The number of carbonyl (C=O) groups excluding carboxylic acids is 1. The molecule has 0 atom stereocenters. The SMILES string of the molecule is Cc1ccc(-c2csc(NC(=O)c3ccc(-c4nc5ccccc5s4)s3)n2)c(C)c1. The number of nitrogens with zero attached hydrogens (tertiary/aromatic N) is 2. The number of hydrogen-bond acceptors (Lipinski definition) is 6. The molecule has 0 spiro atoms. The Hall–Kier alpha value is -2.87. The molecule has 0 unspecified atom stereocenters. The smallest absolute Gasteiger partial charge is 0.267 e. The number of anilines is 1. The maximum absolute atomic E-state index is 12.7. The van der Waals surface area contributed by atoms with E-state index in [1.807, 2.05) is 35.7 Å². The first-order chi connectivity index (χ1) is 14.6. The third-order valence-corrected chi connectivity index (χ3v) is 7.76. The van der Waals surface area contributed by atoms with Crippen LogP contribution in [0, 0.1) is 13.8 Å². The highest BCUT2D eigenvalue weighted by atomic mass is 32.1. The van der Waals surface area contributed by atoms with Crippen molar-refractivity contribution in [2.45, 2.75) is 13.8 Å². The lowest BCUT2D eigenvalue weighted by Gasteiger charge is -2.03. The van der Waals surface area contributed by atoms with Crippen LogP contribution in [-0.4, -0.2) is 15.9 Å². The van der Waals surface area contributed by atoms with E-state index in [-0.39, 0.29) is 5.91 Å². The average Bonchev–Trinajstić information content (AvgIpc) is 3.47. The number of thiazole rings is 2. The zero-order chi connectivity index (χ0) is 20.7. The van der Waals surface area contributed by atoms with Crippen LogP contribution in [0.15, 0.2) is 60.0 Å². The van der Waals surface area contributed by atoms with Crippen LogP contribution in [0.4, 0.5) is 5.13 Å². The standard InChI is InChI=1S/C23H17N3OS3/c1-13-7-8-15(14(2)11-13)17-12-28-23(25-17)26-21(27)19-9-10-20(29-19)22-24-16-5-3-4-6-18(16)30-22/h3-12H,1-2H3,(H,25,26,27). The second kappa shape index (κ2) is 7.75. The predicted octanol–water partition coefficient (Wildman–Crippen LogP) is 7.02. The first kappa shape index (κ1) is 19.1. The molecule has 3 aromatic heterocycles. The van der Waals surface area contributed by atoms with Gasteiger partial charge in [0.1, 0.15) is 5.01 Å². The number of para-hydroxylation sites is 1. The van der Waals surface area contributed by atoms with Crippen LogP contribution in [-0.2, 0) is 0 Å². The molecule has 4 nitrogen and oxygen atoms in total. The van der Waals surface area contributed by atoms with Crippen LogP contribution < -0.4 is 5.32 Å². The summed E-state index contributed by atoms with van der Waals surface area (Å²) in [4.78, 5) is 23.7. The van der Waals surface area contributed by atoms with E-state index >= 15 is 0 Å². The number of aryl methyl sites for hydroxylation is 2. The van der Waals surface area contributed by atoms with Crippen molar-refractivity contribution < 1.29 is 4.79 Å². The molecule has 30 heavy (non-hydrogen) atoms. The molecular weight excluding hydrogens is 430 g/mol. The van der Waals surface area contributed by atoms with Crippen LogP contribution >= 0.6 is 34.0 Å². The normalized spacial score (nSPS) is 11.1. The van der Waals surface area contributed by atoms with E-state index in [1.165, 1.54) is 33.8 Å². The average molecular weight is 448 g/mol. The molecule has 0 aliphatic carbocycles. The van der Waals surface area contributed by atoms with Gasteiger partial charge < -0.3 is 0 Å². The van der Waals surface area contributed by atoms with E-state index in [2.05, 4.69) is 53.4 Å². The summed E-state index contributed by atoms with van der Waals surface area (Å²) >= 11 is 4.53. The Bertz CT molecular complexity index is 1350. The molecule has 0 fully saturated rings. The van der Waals surface area contributed by atoms with Crippen molar-refractivity contribution in [1.29, 1.82) is 0 Å². The van der Waals surface area contributed by atoms with Gasteiger partial charge in [0.15, 0.2) is 5.13 Å². The maximum Gasteiger partial charge on any atom is 0.267 e. The minimum Gasteiger partial charge on any atom is -0.297 e. The second-order valence-electron chi connectivity index (χ2n) is 6.96. The molecule has 1 amide bonds. The zero-order valence-electron chi connectivity index (χ0n) is 16.3. The molecule has 5 rings (SSSR count). The summed E-state index contributed by atoms with van der Waals surface area (Å²) in [6.45, 7) is 4.16. The van der Waals surface area contributed by atoms with Crippen LogP contribution in [0.1, 0.15) is 20.8 Å². The summed E-state index contributed by atoms with van der Waals surface area (Å²) in [6.07, 6.45) is 0. The molecule has 0 radical (unpaired) electrons. The number of thiophene rings is 1. The Morgan fingerprint density at radius 3 is 2.67 bits per heavy atom. The minimum atomic E-state index is -0.145. The predicted molar refractivity (Wildman–Crippen MR) is 128 cm³/mol. The van der Waals surface area contributed by atoms with E-state index in [9.17, 15) is 4.79 Å². The number of rotatable bonds is 4. The van der Waals surface area contributed by atoms with Crippen molar-refractivity contribution >= 4 is 55.3 Å². The molecule has 0 saturated carbocycles. The van der Waals surface area contributed by atoms with Gasteiger partial charge in [-0.15, -0.1) is 34.0 Å². The third-order valence-electron chi connectivity index (χ3n) is 4.72. The van der Waals surface area contributed by atoms with Gasteiger partial charge in [-0.2, -0.15) is 0 Å². The molecule has 0 saturated heterocycles. The first-order valence-corrected chi connectivity index (χ1v) is 11.9. The van der Waals surface area contributed by atoms with Crippen molar-refractivity contribution in [2.24, 2.45) is 0 Å². The Labute approximate surface area is 185 Å². The molecule has 3 heterocycles. The van der Waals surface area contributed by atoms with Gasteiger partial charge in [0, 0.05) is 10.9 Å². The van der Waals surface area contributed by atoms with E-state index in [0.717, 1.165) is 31.4 Å². The highest BCUT2D eigenvalue weighted by Gasteiger charge is 2.15. The summed E-state index contributed by atoms with van der Waals surface area (Å²) in [5, 5.41) is 6.45. The summed E-state index contributed by atoms with van der Waals surface area (Å²) in [5.41, 5.74) is 5.36. The fraction of sp³-hybridized carbons (Fsp3) is 0.0870. The van der Waals surface area contributed by atoms with Crippen molar-refractivity contribution in [3.8, 4) is 21.1 Å². The molecule has 0 aliphatic heterocycles. The fourth-order valence-electron chi connectivity index (χ4n) is 3.27. The summed E-state index contributed by atoms with van der Waals surface area (Å²) in [5.74, 6) is -0.145. The molecule has 1 N–H and O–H groups in total. The van der Waals surface area contributed by atoms with Gasteiger partial charge in [-0.25, -0.2) is 9.97 Å². The molecule has 7 heteroatoms. The quantitative estimate of drug-likeness (QED) is 0.322.